The lowest BCUT2D eigenvalue weighted by Crippen LogP contribution is -2.49. The highest BCUT2D eigenvalue weighted by Crippen LogP contribution is 2.27. The van der Waals surface area contributed by atoms with E-state index < -0.39 is 0 Å². The largest absolute Gasteiger partial charge is 0.373 e. The number of nitrogens with one attached hydrogen (secondary N) is 1. The summed E-state index contributed by atoms with van der Waals surface area (Å²) in [5, 5.41) is 3.42. The molecule has 2 rings (SSSR count). The summed E-state index contributed by atoms with van der Waals surface area (Å²) in [4.78, 5) is 13.0. The number of hydrogen-bond acceptors (Lipinski definition) is 4. The lowest BCUT2D eigenvalue weighted by molar-refractivity contribution is -0.140. The number of amides is 1. The van der Waals surface area contributed by atoms with Gasteiger partial charge in [0, 0.05) is 26.7 Å². The van der Waals surface area contributed by atoms with E-state index in [2.05, 4.69) is 5.32 Å². The molecule has 1 heterocycles. The highest BCUT2D eigenvalue weighted by Gasteiger charge is 2.39. The molecule has 92 valence electrons. The van der Waals surface area contributed by atoms with Crippen LogP contribution in [-0.2, 0) is 14.3 Å². The topological polar surface area (TPSA) is 50.8 Å². The summed E-state index contributed by atoms with van der Waals surface area (Å²) in [6.45, 7) is 1.82. The minimum absolute atomic E-state index is 0.00668. The van der Waals surface area contributed by atoms with E-state index in [-0.39, 0.29) is 24.7 Å². The van der Waals surface area contributed by atoms with E-state index in [4.69, 9.17) is 9.47 Å². The number of likely N-dealkylation sites (N-methyl/N-ethyl adjacent to an activating group) is 1. The van der Waals surface area contributed by atoms with E-state index in [1.165, 1.54) is 0 Å². The number of ether oxygens (including phenoxy) is 2. The summed E-state index contributed by atoms with van der Waals surface area (Å²) >= 11 is 0. The van der Waals surface area contributed by atoms with Crippen molar-refractivity contribution < 1.29 is 14.3 Å². The maximum Gasteiger partial charge on any atom is 0.248 e. The predicted molar refractivity (Wildman–Crippen MR) is 59.2 cm³/mol. The Labute approximate surface area is 96.1 Å². The maximum atomic E-state index is 11.4. The highest BCUT2D eigenvalue weighted by molar-refractivity contribution is 5.76. The van der Waals surface area contributed by atoms with Gasteiger partial charge in [-0.1, -0.05) is 0 Å². The zero-order valence-electron chi connectivity index (χ0n) is 9.94. The van der Waals surface area contributed by atoms with Crippen molar-refractivity contribution in [3.63, 3.8) is 0 Å². The second-order valence-electron chi connectivity index (χ2n) is 4.61. The Morgan fingerprint density at radius 1 is 1.50 bits per heavy atom. The van der Waals surface area contributed by atoms with Crippen LogP contribution in [0.4, 0.5) is 0 Å². The normalized spacial score (nSPS) is 33.5. The Morgan fingerprint density at radius 3 is 3.06 bits per heavy atom. The smallest absolute Gasteiger partial charge is 0.248 e. The summed E-state index contributed by atoms with van der Waals surface area (Å²) in [5.74, 6) is 0.00668. The SMILES string of the molecule is CN(C)C(=O)CO[C@@H]1CC[C@@H]2NCCO[C@H]21. The average molecular weight is 228 g/mol. The number of hydrogen-bond donors (Lipinski definition) is 1. The molecule has 0 aromatic rings. The Kier molecular flexibility index (Phi) is 3.78. The number of carbonyl (C=O) groups is 1. The zero-order valence-corrected chi connectivity index (χ0v) is 9.94. The third-order valence-electron chi connectivity index (χ3n) is 3.26. The molecular weight excluding hydrogens is 208 g/mol. The average Bonchev–Trinajstić information content (AvgIpc) is 2.69. The molecule has 1 aliphatic carbocycles. The minimum Gasteiger partial charge on any atom is -0.373 e. The first-order chi connectivity index (χ1) is 7.68. The molecule has 1 amide bonds. The summed E-state index contributed by atoms with van der Waals surface area (Å²) in [7, 11) is 3.48. The molecule has 16 heavy (non-hydrogen) atoms. The molecule has 3 atom stereocenters. The van der Waals surface area contributed by atoms with Gasteiger partial charge in [-0.15, -0.1) is 0 Å². The van der Waals surface area contributed by atoms with Gasteiger partial charge in [0.05, 0.1) is 18.8 Å². The third-order valence-corrected chi connectivity index (χ3v) is 3.26. The summed E-state index contributed by atoms with van der Waals surface area (Å²) in [5.41, 5.74) is 0. The molecule has 2 aliphatic rings. The fourth-order valence-corrected chi connectivity index (χ4v) is 2.30. The molecule has 1 saturated heterocycles. The first kappa shape index (κ1) is 11.8. The Hall–Kier alpha value is -0.650. The Balaban J connectivity index is 1.80. The van der Waals surface area contributed by atoms with E-state index in [1.807, 2.05) is 0 Å². The van der Waals surface area contributed by atoms with Gasteiger partial charge in [0.25, 0.3) is 0 Å². The standard InChI is InChI=1S/C11H20N2O3/c1-13(2)10(14)7-16-9-4-3-8-11(9)15-6-5-12-8/h8-9,11-12H,3-7H2,1-2H3/t8-,9+,11+/m0/s1. The lowest BCUT2D eigenvalue weighted by atomic mass is 10.2. The van der Waals surface area contributed by atoms with Crippen LogP contribution >= 0.6 is 0 Å². The zero-order chi connectivity index (χ0) is 11.5. The fourth-order valence-electron chi connectivity index (χ4n) is 2.30. The highest BCUT2D eigenvalue weighted by atomic mass is 16.5. The fraction of sp³-hybridized carbons (Fsp3) is 0.909. The van der Waals surface area contributed by atoms with Crippen LogP contribution in [0.15, 0.2) is 0 Å². The molecule has 0 spiro atoms. The second-order valence-corrected chi connectivity index (χ2v) is 4.61. The van der Waals surface area contributed by atoms with Crippen LogP contribution in [0.2, 0.25) is 0 Å². The van der Waals surface area contributed by atoms with Gasteiger partial charge < -0.3 is 19.7 Å². The van der Waals surface area contributed by atoms with Crippen molar-refractivity contribution in [2.45, 2.75) is 31.1 Å². The first-order valence-corrected chi connectivity index (χ1v) is 5.85. The summed E-state index contributed by atoms with van der Waals surface area (Å²) in [6, 6.07) is 0.410. The molecule has 0 aromatic carbocycles. The van der Waals surface area contributed by atoms with Crippen LogP contribution in [-0.4, -0.2) is 62.9 Å². The molecule has 1 N–H and O–H groups in total. The van der Waals surface area contributed by atoms with Gasteiger partial charge in [-0.3, -0.25) is 4.79 Å². The summed E-state index contributed by atoms with van der Waals surface area (Å²) < 4.78 is 11.3. The van der Waals surface area contributed by atoms with Crippen molar-refractivity contribution in [3.8, 4) is 0 Å². The molecule has 1 saturated carbocycles. The number of morpholine rings is 1. The predicted octanol–water partition coefficient (Wildman–Crippen LogP) is -0.389. The van der Waals surface area contributed by atoms with Gasteiger partial charge in [-0.25, -0.2) is 0 Å². The molecule has 5 heteroatoms. The second kappa shape index (κ2) is 5.12. The van der Waals surface area contributed by atoms with E-state index in [1.54, 1.807) is 19.0 Å². The van der Waals surface area contributed by atoms with Crippen LogP contribution < -0.4 is 5.32 Å². The van der Waals surface area contributed by atoms with Crippen LogP contribution in [0.25, 0.3) is 0 Å². The number of carbonyl (C=O) groups excluding carboxylic acids is 1. The summed E-state index contributed by atoms with van der Waals surface area (Å²) in [6.07, 6.45) is 2.25. The van der Waals surface area contributed by atoms with Gasteiger partial charge in [0.15, 0.2) is 0 Å². The van der Waals surface area contributed by atoms with Gasteiger partial charge in [0.1, 0.15) is 6.61 Å². The minimum atomic E-state index is 0.00668. The monoisotopic (exact) mass is 228 g/mol. The van der Waals surface area contributed by atoms with Crippen molar-refractivity contribution in [3.05, 3.63) is 0 Å². The quantitative estimate of drug-likeness (QED) is 0.715. The van der Waals surface area contributed by atoms with Gasteiger partial charge >= 0.3 is 0 Å². The van der Waals surface area contributed by atoms with Gasteiger partial charge in [0.2, 0.25) is 5.91 Å². The number of rotatable bonds is 3. The lowest BCUT2D eigenvalue weighted by Gasteiger charge is -2.30. The van der Waals surface area contributed by atoms with Crippen molar-refractivity contribution in [2.24, 2.45) is 0 Å². The molecule has 0 aromatic heterocycles. The van der Waals surface area contributed by atoms with E-state index in [0.29, 0.717) is 6.04 Å². The van der Waals surface area contributed by atoms with E-state index >= 15 is 0 Å². The van der Waals surface area contributed by atoms with Gasteiger partial charge in [-0.2, -0.15) is 0 Å². The molecular formula is C11H20N2O3. The van der Waals surface area contributed by atoms with Crippen LogP contribution in [0, 0.1) is 0 Å². The van der Waals surface area contributed by atoms with Crippen molar-refractivity contribution in [1.82, 2.24) is 10.2 Å². The molecule has 2 fully saturated rings. The molecule has 0 unspecified atom stereocenters. The van der Waals surface area contributed by atoms with Crippen LogP contribution in [0.1, 0.15) is 12.8 Å². The molecule has 0 bridgehead atoms. The Morgan fingerprint density at radius 2 is 2.31 bits per heavy atom. The molecule has 0 radical (unpaired) electrons. The molecule has 5 nitrogen and oxygen atoms in total. The maximum absolute atomic E-state index is 11.4. The molecule has 1 aliphatic heterocycles. The van der Waals surface area contributed by atoms with Crippen molar-refractivity contribution in [2.75, 3.05) is 33.9 Å². The number of nitrogens with zero attached hydrogens (tertiary/aromatic N) is 1. The Bertz CT molecular complexity index is 258. The van der Waals surface area contributed by atoms with Crippen molar-refractivity contribution in [1.29, 1.82) is 0 Å². The third kappa shape index (κ3) is 2.53. The van der Waals surface area contributed by atoms with Crippen LogP contribution in [0.3, 0.4) is 0 Å². The van der Waals surface area contributed by atoms with Crippen molar-refractivity contribution >= 4 is 5.91 Å². The van der Waals surface area contributed by atoms with E-state index in [9.17, 15) is 4.79 Å². The number of fused-ring (bicyclic) bond motifs is 1. The first-order valence-electron chi connectivity index (χ1n) is 5.85. The van der Waals surface area contributed by atoms with Crippen LogP contribution in [0.5, 0.6) is 0 Å². The van der Waals surface area contributed by atoms with Gasteiger partial charge in [-0.05, 0) is 12.8 Å². The van der Waals surface area contributed by atoms with E-state index in [0.717, 1.165) is 26.0 Å².